The van der Waals surface area contributed by atoms with Crippen molar-refractivity contribution in [2.45, 2.75) is 0 Å². The highest BCUT2D eigenvalue weighted by Crippen LogP contribution is 2.15. The molecule has 0 saturated carbocycles. The topological polar surface area (TPSA) is 47.8 Å². The number of para-hydroxylation sites is 1. The molecule has 0 spiro atoms. The molecule has 0 amide bonds. The lowest BCUT2D eigenvalue weighted by molar-refractivity contribution is 0.887. The van der Waals surface area contributed by atoms with Gasteiger partial charge in [-0.05, 0) is 12.1 Å². The predicted molar refractivity (Wildman–Crippen MR) is 62.3 cm³/mol. The minimum atomic E-state index is -0.230. The molecule has 3 rings (SSSR count). The normalized spacial score (nSPS) is 11.1. The first-order valence-electron chi connectivity index (χ1n) is 4.97. The zero-order valence-electron chi connectivity index (χ0n) is 8.71. The SMILES string of the molecule is Cn1cnc(=O)c2cc3ccccc3nc21. The smallest absolute Gasteiger partial charge is 0.282 e. The summed E-state index contributed by atoms with van der Waals surface area (Å²) < 4.78 is 1.75. The Morgan fingerprint density at radius 3 is 2.94 bits per heavy atom. The summed E-state index contributed by atoms with van der Waals surface area (Å²) in [4.78, 5) is 19.9. The Labute approximate surface area is 91.2 Å². The van der Waals surface area contributed by atoms with Crippen LogP contribution in [0.25, 0.3) is 21.9 Å². The highest BCUT2D eigenvalue weighted by molar-refractivity contribution is 5.90. The molecule has 0 bridgehead atoms. The Morgan fingerprint density at radius 2 is 2.06 bits per heavy atom. The fraction of sp³-hybridized carbons (Fsp3) is 0.0833. The molecule has 0 radical (unpaired) electrons. The van der Waals surface area contributed by atoms with Crippen LogP contribution in [0, 0.1) is 0 Å². The molecule has 2 aromatic heterocycles. The fourth-order valence-electron chi connectivity index (χ4n) is 1.80. The largest absolute Gasteiger partial charge is 0.319 e. The second kappa shape index (κ2) is 3.13. The van der Waals surface area contributed by atoms with Crippen molar-refractivity contribution in [3.63, 3.8) is 0 Å². The van der Waals surface area contributed by atoms with E-state index in [1.54, 1.807) is 4.57 Å². The molecule has 16 heavy (non-hydrogen) atoms. The van der Waals surface area contributed by atoms with E-state index >= 15 is 0 Å². The third-order valence-corrected chi connectivity index (χ3v) is 2.62. The summed E-state index contributed by atoms with van der Waals surface area (Å²) >= 11 is 0. The van der Waals surface area contributed by atoms with E-state index in [1.807, 2.05) is 37.4 Å². The molecule has 0 atom stereocenters. The molecule has 3 aromatic rings. The first-order valence-corrected chi connectivity index (χ1v) is 4.97. The zero-order chi connectivity index (χ0) is 11.1. The molecule has 4 nitrogen and oxygen atoms in total. The number of rotatable bonds is 0. The van der Waals surface area contributed by atoms with Crippen molar-refractivity contribution >= 4 is 21.9 Å². The number of pyridine rings is 1. The van der Waals surface area contributed by atoms with Crippen LogP contribution in [0.2, 0.25) is 0 Å². The summed E-state index contributed by atoms with van der Waals surface area (Å²) in [5.74, 6) is 0. The van der Waals surface area contributed by atoms with Gasteiger partial charge in [0.2, 0.25) is 0 Å². The summed E-state index contributed by atoms with van der Waals surface area (Å²) in [6, 6.07) is 9.57. The van der Waals surface area contributed by atoms with E-state index in [0.29, 0.717) is 11.0 Å². The Hall–Kier alpha value is -2.23. The molecule has 1 aromatic carbocycles. The van der Waals surface area contributed by atoms with Gasteiger partial charge in [0, 0.05) is 12.4 Å². The lowest BCUT2D eigenvalue weighted by atomic mass is 10.2. The summed E-state index contributed by atoms with van der Waals surface area (Å²) in [5, 5.41) is 1.52. The van der Waals surface area contributed by atoms with Gasteiger partial charge < -0.3 is 4.57 Å². The Morgan fingerprint density at radius 1 is 1.25 bits per heavy atom. The number of fused-ring (bicyclic) bond motifs is 2. The van der Waals surface area contributed by atoms with Crippen LogP contribution in [0.4, 0.5) is 0 Å². The Kier molecular flexibility index (Phi) is 1.77. The number of hydrogen-bond acceptors (Lipinski definition) is 3. The Bertz CT molecular complexity index is 746. The van der Waals surface area contributed by atoms with E-state index in [1.165, 1.54) is 6.33 Å². The highest BCUT2D eigenvalue weighted by atomic mass is 16.1. The second-order valence-electron chi connectivity index (χ2n) is 3.71. The van der Waals surface area contributed by atoms with Crippen LogP contribution >= 0.6 is 0 Å². The maximum Gasteiger partial charge on any atom is 0.282 e. The molecule has 0 aliphatic carbocycles. The number of nitrogens with zero attached hydrogens (tertiary/aromatic N) is 3. The van der Waals surface area contributed by atoms with E-state index in [-0.39, 0.29) is 5.56 Å². The van der Waals surface area contributed by atoms with Gasteiger partial charge in [-0.3, -0.25) is 4.79 Å². The van der Waals surface area contributed by atoms with Crippen LogP contribution < -0.4 is 5.56 Å². The van der Waals surface area contributed by atoms with Crippen LogP contribution in [0.5, 0.6) is 0 Å². The average Bonchev–Trinajstić information content (AvgIpc) is 2.32. The number of benzene rings is 1. The van der Waals surface area contributed by atoms with E-state index in [9.17, 15) is 4.79 Å². The summed E-state index contributed by atoms with van der Waals surface area (Å²) in [6.07, 6.45) is 1.49. The molecule has 78 valence electrons. The minimum absolute atomic E-state index is 0.230. The van der Waals surface area contributed by atoms with Crippen LogP contribution in [-0.4, -0.2) is 14.5 Å². The van der Waals surface area contributed by atoms with Gasteiger partial charge in [-0.1, -0.05) is 18.2 Å². The first kappa shape index (κ1) is 9.03. The van der Waals surface area contributed by atoms with Gasteiger partial charge in [0.1, 0.15) is 12.0 Å². The van der Waals surface area contributed by atoms with Crippen molar-refractivity contribution in [1.82, 2.24) is 14.5 Å². The molecule has 0 fully saturated rings. The van der Waals surface area contributed by atoms with Crippen molar-refractivity contribution < 1.29 is 0 Å². The number of aryl methyl sites for hydroxylation is 1. The quantitative estimate of drug-likeness (QED) is 0.529. The van der Waals surface area contributed by atoms with E-state index in [2.05, 4.69) is 9.97 Å². The molecular formula is C12H9N3O. The molecule has 2 heterocycles. The Balaban J connectivity index is 2.61. The van der Waals surface area contributed by atoms with Crippen molar-refractivity contribution in [2.24, 2.45) is 7.05 Å². The monoisotopic (exact) mass is 211 g/mol. The summed E-state index contributed by atoms with van der Waals surface area (Å²) in [7, 11) is 1.83. The number of aromatic nitrogens is 3. The minimum Gasteiger partial charge on any atom is -0.319 e. The van der Waals surface area contributed by atoms with E-state index in [0.717, 1.165) is 10.9 Å². The van der Waals surface area contributed by atoms with Crippen molar-refractivity contribution in [1.29, 1.82) is 0 Å². The molecule has 0 saturated heterocycles. The van der Waals surface area contributed by atoms with Gasteiger partial charge in [0.25, 0.3) is 5.56 Å². The summed E-state index contributed by atoms with van der Waals surface area (Å²) in [6.45, 7) is 0. The van der Waals surface area contributed by atoms with E-state index in [4.69, 9.17) is 0 Å². The fourth-order valence-corrected chi connectivity index (χ4v) is 1.80. The van der Waals surface area contributed by atoms with Gasteiger partial charge in [0.15, 0.2) is 0 Å². The van der Waals surface area contributed by atoms with Crippen LogP contribution in [-0.2, 0) is 7.05 Å². The zero-order valence-corrected chi connectivity index (χ0v) is 8.71. The first-order chi connectivity index (χ1) is 7.75. The lowest BCUT2D eigenvalue weighted by Gasteiger charge is -2.04. The van der Waals surface area contributed by atoms with Crippen LogP contribution in [0.1, 0.15) is 0 Å². The maximum absolute atomic E-state index is 11.6. The maximum atomic E-state index is 11.6. The molecule has 4 heteroatoms. The van der Waals surface area contributed by atoms with Crippen molar-refractivity contribution in [3.05, 3.63) is 47.0 Å². The second-order valence-corrected chi connectivity index (χ2v) is 3.71. The molecule has 0 aliphatic rings. The third-order valence-electron chi connectivity index (χ3n) is 2.62. The van der Waals surface area contributed by atoms with E-state index < -0.39 is 0 Å². The predicted octanol–water partition coefficient (Wildman–Crippen LogP) is 1.48. The molecule has 0 N–H and O–H groups in total. The van der Waals surface area contributed by atoms with Crippen LogP contribution in [0.15, 0.2) is 41.5 Å². The molecule has 0 unspecified atom stereocenters. The van der Waals surface area contributed by atoms with Gasteiger partial charge >= 0.3 is 0 Å². The molecule has 0 aliphatic heterocycles. The van der Waals surface area contributed by atoms with Gasteiger partial charge in [-0.15, -0.1) is 0 Å². The average molecular weight is 211 g/mol. The van der Waals surface area contributed by atoms with Gasteiger partial charge in [-0.25, -0.2) is 4.98 Å². The molecular weight excluding hydrogens is 202 g/mol. The van der Waals surface area contributed by atoms with Gasteiger partial charge in [-0.2, -0.15) is 4.98 Å². The van der Waals surface area contributed by atoms with Gasteiger partial charge in [0.05, 0.1) is 10.9 Å². The van der Waals surface area contributed by atoms with Crippen molar-refractivity contribution in [2.75, 3.05) is 0 Å². The highest BCUT2D eigenvalue weighted by Gasteiger charge is 2.04. The van der Waals surface area contributed by atoms with Crippen LogP contribution in [0.3, 0.4) is 0 Å². The standard InChI is InChI=1S/C12H9N3O/c1-15-7-13-12(16)9-6-8-4-2-3-5-10(8)14-11(9)15/h2-7H,1H3. The lowest BCUT2D eigenvalue weighted by Crippen LogP contribution is -2.11. The summed E-state index contributed by atoms with van der Waals surface area (Å²) in [5.41, 5.74) is 1.32. The number of hydrogen-bond donors (Lipinski definition) is 0. The van der Waals surface area contributed by atoms with Crippen molar-refractivity contribution in [3.8, 4) is 0 Å². The third kappa shape index (κ3) is 1.20.